The summed E-state index contributed by atoms with van der Waals surface area (Å²) in [5.74, 6) is 0.0789. The number of hydrogen-bond acceptors (Lipinski definition) is 4. The van der Waals surface area contributed by atoms with E-state index in [9.17, 15) is 4.79 Å². The first kappa shape index (κ1) is 16.4. The fraction of sp³-hybridized carbons (Fsp3) is 0.200. The second kappa shape index (κ2) is 7.42. The van der Waals surface area contributed by atoms with E-state index in [1.807, 2.05) is 48.5 Å². The quantitative estimate of drug-likeness (QED) is 0.630. The predicted octanol–water partition coefficient (Wildman–Crippen LogP) is 4.92. The summed E-state index contributed by atoms with van der Waals surface area (Å²) >= 11 is 3.12. The highest BCUT2D eigenvalue weighted by Crippen LogP contribution is 2.39. The van der Waals surface area contributed by atoms with Gasteiger partial charge in [-0.05, 0) is 18.4 Å². The van der Waals surface area contributed by atoms with E-state index in [0.717, 1.165) is 34.0 Å². The molecule has 4 rings (SSSR count). The minimum Gasteiger partial charge on any atom is -0.352 e. The van der Waals surface area contributed by atoms with E-state index in [1.54, 1.807) is 11.3 Å². The third-order valence-electron chi connectivity index (χ3n) is 4.04. The molecule has 1 N–H and O–H groups in total. The van der Waals surface area contributed by atoms with Crippen molar-refractivity contribution in [3.63, 3.8) is 0 Å². The molecule has 5 heteroatoms. The van der Waals surface area contributed by atoms with Crippen LogP contribution in [0.5, 0.6) is 0 Å². The van der Waals surface area contributed by atoms with Crippen LogP contribution in [0.15, 0.2) is 70.4 Å². The maximum Gasteiger partial charge on any atom is 0.238 e. The topological polar surface area (TPSA) is 42.0 Å². The third-order valence-corrected chi connectivity index (χ3v) is 6.26. The molecule has 3 aromatic rings. The molecule has 1 fully saturated rings. The Morgan fingerprint density at radius 3 is 2.44 bits per heavy atom. The van der Waals surface area contributed by atoms with Crippen molar-refractivity contribution in [2.45, 2.75) is 28.5 Å². The summed E-state index contributed by atoms with van der Waals surface area (Å²) in [6, 6.07) is 20.4. The standard InChI is InChI=1S/C20H18N2OS2/c23-19(21-16-11-12-16)18(15-9-5-2-6-10-15)25-20-22-17(13-24-20)14-7-3-1-4-8-14/h1-10,13,16,18H,11-12H2,(H,21,23). The summed E-state index contributed by atoms with van der Waals surface area (Å²) in [4.78, 5) is 17.4. The van der Waals surface area contributed by atoms with Gasteiger partial charge in [0.05, 0.1) is 5.69 Å². The van der Waals surface area contributed by atoms with Crippen LogP contribution in [0.4, 0.5) is 0 Å². The fourth-order valence-electron chi connectivity index (χ4n) is 2.56. The van der Waals surface area contributed by atoms with Gasteiger partial charge in [-0.25, -0.2) is 4.98 Å². The SMILES string of the molecule is O=C(NC1CC1)C(Sc1nc(-c2ccccc2)cs1)c1ccccc1. The molecule has 1 saturated carbocycles. The normalized spacial score (nSPS) is 14.9. The van der Waals surface area contributed by atoms with Crippen molar-refractivity contribution in [1.29, 1.82) is 0 Å². The maximum absolute atomic E-state index is 12.7. The molecule has 1 amide bonds. The van der Waals surface area contributed by atoms with Gasteiger partial charge in [0.15, 0.2) is 4.34 Å². The number of thiazole rings is 1. The summed E-state index contributed by atoms with van der Waals surface area (Å²) < 4.78 is 0.915. The number of nitrogens with one attached hydrogen (secondary N) is 1. The molecule has 0 saturated heterocycles. The van der Waals surface area contributed by atoms with Crippen LogP contribution in [0.25, 0.3) is 11.3 Å². The van der Waals surface area contributed by atoms with E-state index in [1.165, 1.54) is 11.8 Å². The summed E-state index contributed by atoms with van der Waals surface area (Å²) in [6.45, 7) is 0. The van der Waals surface area contributed by atoms with Gasteiger partial charge in [-0.1, -0.05) is 72.4 Å². The van der Waals surface area contributed by atoms with Crippen LogP contribution in [0.3, 0.4) is 0 Å². The number of thioether (sulfide) groups is 1. The Bertz CT molecular complexity index is 844. The Kier molecular flexibility index (Phi) is 4.85. The highest BCUT2D eigenvalue weighted by molar-refractivity contribution is 8.01. The van der Waals surface area contributed by atoms with Gasteiger partial charge >= 0.3 is 0 Å². The van der Waals surface area contributed by atoms with Crippen molar-refractivity contribution < 1.29 is 4.79 Å². The Hall–Kier alpha value is -2.11. The lowest BCUT2D eigenvalue weighted by atomic mass is 10.1. The van der Waals surface area contributed by atoms with Gasteiger partial charge < -0.3 is 5.32 Å². The lowest BCUT2D eigenvalue weighted by Gasteiger charge is -2.15. The van der Waals surface area contributed by atoms with Crippen LogP contribution in [-0.4, -0.2) is 16.9 Å². The van der Waals surface area contributed by atoms with Crippen LogP contribution in [0.1, 0.15) is 23.7 Å². The lowest BCUT2D eigenvalue weighted by molar-refractivity contribution is -0.120. The Balaban J connectivity index is 1.56. The van der Waals surface area contributed by atoms with Crippen molar-refractivity contribution in [3.8, 4) is 11.3 Å². The molecule has 0 spiro atoms. The van der Waals surface area contributed by atoms with E-state index in [-0.39, 0.29) is 11.2 Å². The molecule has 1 atom stereocenters. The Morgan fingerprint density at radius 1 is 1.08 bits per heavy atom. The monoisotopic (exact) mass is 366 g/mol. The molecular weight excluding hydrogens is 348 g/mol. The maximum atomic E-state index is 12.7. The van der Waals surface area contributed by atoms with Crippen molar-refractivity contribution in [3.05, 3.63) is 71.6 Å². The first-order valence-electron chi connectivity index (χ1n) is 8.32. The van der Waals surface area contributed by atoms with Gasteiger partial charge in [0.2, 0.25) is 5.91 Å². The first-order chi connectivity index (χ1) is 12.3. The molecule has 3 nitrogen and oxygen atoms in total. The van der Waals surface area contributed by atoms with Crippen molar-refractivity contribution in [2.75, 3.05) is 0 Å². The van der Waals surface area contributed by atoms with E-state index < -0.39 is 0 Å². The van der Waals surface area contributed by atoms with Gasteiger partial charge in [-0.3, -0.25) is 4.79 Å². The zero-order valence-corrected chi connectivity index (χ0v) is 15.2. The van der Waals surface area contributed by atoms with Gasteiger partial charge in [0, 0.05) is 17.0 Å². The zero-order valence-electron chi connectivity index (χ0n) is 13.6. The molecule has 1 aliphatic carbocycles. The van der Waals surface area contributed by atoms with Gasteiger partial charge in [-0.2, -0.15) is 0 Å². The van der Waals surface area contributed by atoms with Gasteiger partial charge in [0.1, 0.15) is 5.25 Å². The fourth-order valence-corrected chi connectivity index (χ4v) is 4.59. The Morgan fingerprint density at radius 2 is 1.76 bits per heavy atom. The second-order valence-electron chi connectivity index (χ2n) is 6.06. The van der Waals surface area contributed by atoms with Crippen molar-refractivity contribution in [1.82, 2.24) is 10.3 Å². The molecule has 1 heterocycles. The average Bonchev–Trinajstić information content (AvgIpc) is 3.35. The number of carbonyl (C=O) groups excluding carboxylic acids is 1. The molecule has 0 radical (unpaired) electrons. The molecule has 0 bridgehead atoms. The second-order valence-corrected chi connectivity index (χ2v) is 8.27. The number of rotatable bonds is 6. The number of amides is 1. The largest absolute Gasteiger partial charge is 0.352 e. The molecule has 1 unspecified atom stereocenters. The number of carbonyl (C=O) groups is 1. The number of hydrogen-bond donors (Lipinski definition) is 1. The summed E-state index contributed by atoms with van der Waals surface area (Å²) in [6.07, 6.45) is 2.18. The van der Waals surface area contributed by atoms with Crippen molar-refractivity contribution in [2.24, 2.45) is 0 Å². The number of nitrogens with zero attached hydrogens (tertiary/aromatic N) is 1. The van der Waals surface area contributed by atoms with Gasteiger partial charge in [0.25, 0.3) is 0 Å². The van der Waals surface area contributed by atoms with Crippen molar-refractivity contribution >= 4 is 29.0 Å². The van der Waals surface area contributed by atoms with E-state index in [0.29, 0.717) is 6.04 Å². The number of aromatic nitrogens is 1. The van der Waals surface area contributed by atoms with Crippen LogP contribution < -0.4 is 5.32 Å². The van der Waals surface area contributed by atoms with E-state index in [4.69, 9.17) is 4.98 Å². The molecule has 1 aliphatic rings. The van der Waals surface area contributed by atoms with Gasteiger partial charge in [-0.15, -0.1) is 11.3 Å². The summed E-state index contributed by atoms with van der Waals surface area (Å²) in [5.41, 5.74) is 3.08. The molecule has 1 aromatic heterocycles. The highest BCUT2D eigenvalue weighted by Gasteiger charge is 2.29. The molecular formula is C20H18N2OS2. The van der Waals surface area contributed by atoms with Crippen LogP contribution >= 0.6 is 23.1 Å². The van der Waals surface area contributed by atoms with E-state index >= 15 is 0 Å². The average molecular weight is 367 g/mol. The van der Waals surface area contributed by atoms with Crippen LogP contribution in [0, 0.1) is 0 Å². The zero-order chi connectivity index (χ0) is 17.1. The first-order valence-corrected chi connectivity index (χ1v) is 10.1. The molecule has 25 heavy (non-hydrogen) atoms. The minimum atomic E-state index is -0.267. The summed E-state index contributed by atoms with van der Waals surface area (Å²) in [7, 11) is 0. The third kappa shape index (κ3) is 4.11. The number of benzene rings is 2. The highest BCUT2D eigenvalue weighted by atomic mass is 32.2. The van der Waals surface area contributed by atoms with E-state index in [2.05, 4.69) is 22.8 Å². The predicted molar refractivity (Wildman–Crippen MR) is 104 cm³/mol. The minimum absolute atomic E-state index is 0.0789. The molecule has 2 aromatic carbocycles. The van der Waals surface area contributed by atoms with Crippen LogP contribution in [0.2, 0.25) is 0 Å². The summed E-state index contributed by atoms with van der Waals surface area (Å²) in [5, 5.41) is 4.92. The smallest absolute Gasteiger partial charge is 0.238 e. The molecule has 126 valence electrons. The lowest BCUT2D eigenvalue weighted by Crippen LogP contribution is -2.29. The van der Waals surface area contributed by atoms with Crippen LogP contribution in [-0.2, 0) is 4.79 Å². The molecule has 0 aliphatic heterocycles. The Labute approximate surface area is 155 Å².